The first-order chi connectivity index (χ1) is 13.5. The number of anilines is 1. The molecule has 28 heavy (non-hydrogen) atoms. The van der Waals surface area contributed by atoms with Gasteiger partial charge in [-0.1, -0.05) is 12.1 Å². The lowest BCUT2D eigenvalue weighted by Gasteiger charge is -2.25. The molecule has 1 aliphatic heterocycles. The molecule has 0 N–H and O–H groups in total. The summed E-state index contributed by atoms with van der Waals surface area (Å²) in [7, 11) is 2.51. The summed E-state index contributed by atoms with van der Waals surface area (Å²) >= 11 is 0. The van der Waals surface area contributed by atoms with Crippen molar-refractivity contribution in [3.05, 3.63) is 65.4 Å². The number of aryl methyl sites for hydroxylation is 2. The van der Waals surface area contributed by atoms with Crippen molar-refractivity contribution in [2.45, 2.75) is 13.8 Å². The highest BCUT2D eigenvalue weighted by molar-refractivity contribution is 6.05. The molecule has 0 unspecified atom stereocenters. The van der Waals surface area contributed by atoms with Gasteiger partial charge < -0.3 is 18.8 Å². The van der Waals surface area contributed by atoms with Gasteiger partial charge in [-0.05, 0) is 36.8 Å². The summed E-state index contributed by atoms with van der Waals surface area (Å²) in [6.07, 6.45) is 6.54. The van der Waals surface area contributed by atoms with E-state index in [2.05, 4.69) is 10.2 Å². The fourth-order valence-electron chi connectivity index (χ4n) is 2.77. The average molecular weight is 381 g/mol. The van der Waals surface area contributed by atoms with Gasteiger partial charge in [-0.15, -0.1) is 10.2 Å². The van der Waals surface area contributed by atoms with Crippen molar-refractivity contribution in [3.8, 4) is 11.5 Å². The van der Waals surface area contributed by atoms with Gasteiger partial charge in [-0.3, -0.25) is 0 Å². The Labute approximate surface area is 161 Å². The maximum atomic E-state index is 12.6. The van der Waals surface area contributed by atoms with E-state index >= 15 is 0 Å². The summed E-state index contributed by atoms with van der Waals surface area (Å²) in [5.74, 6) is -0.520. The standard InChI is InChI=1S/C20H19N3O5/c1-12-8-9-14(18-22-21-13(2)28-18)11-16(12)23-10-6-5-7-15(19(24)26-3)17(23)20(25)27-4/h5-11H,1-4H3. The van der Waals surface area contributed by atoms with E-state index < -0.39 is 11.9 Å². The summed E-state index contributed by atoms with van der Waals surface area (Å²) in [6, 6.07) is 5.51. The lowest BCUT2D eigenvalue weighted by atomic mass is 10.1. The normalized spacial score (nSPS) is 13.5. The molecule has 1 aliphatic rings. The third-order valence-corrected chi connectivity index (χ3v) is 4.13. The van der Waals surface area contributed by atoms with E-state index in [1.165, 1.54) is 20.3 Å². The summed E-state index contributed by atoms with van der Waals surface area (Å²) in [5.41, 5.74) is 2.31. The summed E-state index contributed by atoms with van der Waals surface area (Å²) < 4.78 is 15.3. The SMILES string of the molecule is COC(=O)C1=C(C(=O)OC)N(c2cc(-c3nnc(C)o3)ccc2C)C=CC=C1. The smallest absolute Gasteiger partial charge is 0.355 e. The number of methoxy groups -OCH3 is 2. The van der Waals surface area contributed by atoms with Gasteiger partial charge >= 0.3 is 11.9 Å². The molecule has 0 saturated carbocycles. The highest BCUT2D eigenvalue weighted by atomic mass is 16.5. The molecule has 2 heterocycles. The van der Waals surface area contributed by atoms with Crippen molar-refractivity contribution in [3.63, 3.8) is 0 Å². The molecule has 144 valence electrons. The van der Waals surface area contributed by atoms with Crippen LogP contribution in [-0.4, -0.2) is 36.4 Å². The fourth-order valence-corrected chi connectivity index (χ4v) is 2.77. The molecule has 0 saturated heterocycles. The Morgan fingerprint density at radius 3 is 2.43 bits per heavy atom. The van der Waals surface area contributed by atoms with Gasteiger partial charge in [-0.2, -0.15) is 0 Å². The first-order valence-electron chi connectivity index (χ1n) is 8.42. The molecule has 0 radical (unpaired) electrons. The van der Waals surface area contributed by atoms with E-state index in [1.807, 2.05) is 19.1 Å². The fraction of sp³-hybridized carbons (Fsp3) is 0.200. The second kappa shape index (κ2) is 7.91. The summed E-state index contributed by atoms with van der Waals surface area (Å²) in [4.78, 5) is 26.4. The van der Waals surface area contributed by atoms with Crippen molar-refractivity contribution < 1.29 is 23.5 Å². The lowest BCUT2D eigenvalue weighted by Crippen LogP contribution is -2.27. The Balaban J connectivity index is 2.19. The predicted molar refractivity (Wildman–Crippen MR) is 101 cm³/mol. The molecule has 8 nitrogen and oxygen atoms in total. The largest absolute Gasteiger partial charge is 0.465 e. The third kappa shape index (κ3) is 3.57. The number of carbonyl (C=O) groups excluding carboxylic acids is 2. The number of hydrogen-bond donors (Lipinski definition) is 0. The number of nitrogens with zero attached hydrogens (tertiary/aromatic N) is 3. The van der Waals surface area contributed by atoms with Crippen LogP contribution in [-0.2, 0) is 19.1 Å². The molecule has 0 aliphatic carbocycles. The zero-order chi connectivity index (χ0) is 20.3. The van der Waals surface area contributed by atoms with Gasteiger partial charge in [-0.25, -0.2) is 9.59 Å². The minimum Gasteiger partial charge on any atom is -0.465 e. The van der Waals surface area contributed by atoms with Crippen LogP contribution in [0.1, 0.15) is 11.5 Å². The van der Waals surface area contributed by atoms with Crippen LogP contribution in [0.3, 0.4) is 0 Å². The maximum absolute atomic E-state index is 12.6. The molecule has 3 rings (SSSR count). The molecule has 8 heteroatoms. The van der Waals surface area contributed by atoms with Crippen molar-refractivity contribution in [2.24, 2.45) is 0 Å². The van der Waals surface area contributed by atoms with Crippen molar-refractivity contribution in [1.82, 2.24) is 10.2 Å². The second-order valence-electron chi connectivity index (χ2n) is 5.94. The van der Waals surface area contributed by atoms with Crippen LogP contribution < -0.4 is 4.90 Å². The van der Waals surface area contributed by atoms with Gasteiger partial charge in [0, 0.05) is 24.4 Å². The molecule has 0 bridgehead atoms. The quantitative estimate of drug-likeness (QED) is 0.746. The van der Waals surface area contributed by atoms with Crippen molar-refractivity contribution >= 4 is 17.6 Å². The van der Waals surface area contributed by atoms with Gasteiger partial charge in [0.15, 0.2) is 0 Å². The Hall–Kier alpha value is -3.68. The predicted octanol–water partition coefficient (Wildman–Crippen LogP) is 2.84. The monoisotopic (exact) mass is 381 g/mol. The number of carbonyl (C=O) groups is 2. The zero-order valence-corrected chi connectivity index (χ0v) is 15.9. The first kappa shape index (κ1) is 19.1. The Kier molecular flexibility index (Phi) is 5.39. The molecule has 0 fully saturated rings. The van der Waals surface area contributed by atoms with E-state index in [4.69, 9.17) is 13.9 Å². The number of esters is 2. The van der Waals surface area contributed by atoms with Crippen LogP contribution in [0.25, 0.3) is 11.5 Å². The summed E-state index contributed by atoms with van der Waals surface area (Å²) in [6.45, 7) is 3.59. The van der Waals surface area contributed by atoms with E-state index in [0.29, 0.717) is 23.0 Å². The first-order valence-corrected chi connectivity index (χ1v) is 8.42. The topological polar surface area (TPSA) is 94.8 Å². The number of hydrogen-bond acceptors (Lipinski definition) is 8. The highest BCUT2D eigenvalue weighted by Gasteiger charge is 2.28. The number of aromatic nitrogens is 2. The van der Waals surface area contributed by atoms with Gasteiger partial charge in [0.25, 0.3) is 0 Å². The molecule has 1 aromatic carbocycles. The zero-order valence-electron chi connectivity index (χ0n) is 15.9. The van der Waals surface area contributed by atoms with Crippen molar-refractivity contribution in [1.29, 1.82) is 0 Å². The lowest BCUT2D eigenvalue weighted by molar-refractivity contribution is -0.139. The van der Waals surface area contributed by atoms with Gasteiger partial charge in [0.2, 0.25) is 11.8 Å². The Morgan fingerprint density at radius 1 is 1.04 bits per heavy atom. The molecule has 1 aromatic heterocycles. The number of benzene rings is 1. The molecule has 0 amide bonds. The molecular formula is C20H19N3O5. The Morgan fingerprint density at radius 2 is 1.79 bits per heavy atom. The minimum absolute atomic E-state index is 0.0429. The molecule has 2 aromatic rings. The van der Waals surface area contributed by atoms with Gasteiger partial charge in [0.1, 0.15) is 5.70 Å². The van der Waals surface area contributed by atoms with Gasteiger partial charge in [0.05, 0.1) is 19.8 Å². The van der Waals surface area contributed by atoms with Crippen LogP contribution in [0.4, 0.5) is 5.69 Å². The Bertz CT molecular complexity index is 1020. The van der Waals surface area contributed by atoms with Crippen LogP contribution in [0.2, 0.25) is 0 Å². The number of ether oxygens (including phenoxy) is 2. The van der Waals surface area contributed by atoms with Crippen LogP contribution in [0, 0.1) is 13.8 Å². The van der Waals surface area contributed by atoms with E-state index in [1.54, 1.807) is 36.2 Å². The number of allylic oxidation sites excluding steroid dienone is 2. The van der Waals surface area contributed by atoms with Crippen LogP contribution >= 0.6 is 0 Å². The van der Waals surface area contributed by atoms with Crippen LogP contribution in [0.5, 0.6) is 0 Å². The van der Waals surface area contributed by atoms with E-state index in [-0.39, 0.29) is 11.3 Å². The second-order valence-corrected chi connectivity index (χ2v) is 5.94. The van der Waals surface area contributed by atoms with Crippen LogP contribution in [0.15, 0.2) is 58.3 Å². The average Bonchev–Trinajstić information content (AvgIpc) is 3.01. The maximum Gasteiger partial charge on any atom is 0.355 e. The number of rotatable bonds is 4. The van der Waals surface area contributed by atoms with Crippen molar-refractivity contribution in [2.75, 3.05) is 19.1 Å². The minimum atomic E-state index is -0.671. The molecule has 0 spiro atoms. The van der Waals surface area contributed by atoms with E-state index in [0.717, 1.165) is 5.56 Å². The molecule has 0 atom stereocenters. The summed E-state index contributed by atoms with van der Waals surface area (Å²) in [5, 5.41) is 7.88. The third-order valence-electron chi connectivity index (χ3n) is 4.13. The molecular weight excluding hydrogens is 362 g/mol. The highest BCUT2D eigenvalue weighted by Crippen LogP contribution is 2.32. The van der Waals surface area contributed by atoms with E-state index in [9.17, 15) is 9.59 Å².